The summed E-state index contributed by atoms with van der Waals surface area (Å²) in [6, 6.07) is 11.5. The molecule has 1 aliphatic rings. The normalized spacial score (nSPS) is 22.0. The van der Waals surface area contributed by atoms with Gasteiger partial charge in [-0.2, -0.15) is 0 Å². The Bertz CT molecular complexity index is 734. The van der Waals surface area contributed by atoms with Gasteiger partial charge in [-0.25, -0.2) is 13.1 Å². The van der Waals surface area contributed by atoms with E-state index in [1.807, 2.05) is 36.4 Å². The summed E-state index contributed by atoms with van der Waals surface area (Å²) < 4.78 is 31.3. The Balaban J connectivity index is 2.22. The summed E-state index contributed by atoms with van der Waals surface area (Å²) in [5.41, 5.74) is 2.02. The molecule has 0 bridgehead atoms. The largest absolute Gasteiger partial charge is 0.375 e. The van der Waals surface area contributed by atoms with Gasteiger partial charge in [-0.15, -0.1) is 0 Å². The van der Waals surface area contributed by atoms with Crippen LogP contribution in [0.25, 0.3) is 10.8 Å². The average molecular weight is 277 g/mol. The third-order valence-corrected chi connectivity index (χ3v) is 4.19. The van der Waals surface area contributed by atoms with Crippen molar-refractivity contribution < 1.29 is 13.2 Å². The molecule has 2 aromatic rings. The molecular weight excluding hydrogens is 262 g/mol. The number of benzene rings is 2. The monoisotopic (exact) mass is 277 g/mol. The van der Waals surface area contributed by atoms with Crippen LogP contribution in [-0.4, -0.2) is 21.8 Å². The maximum Gasteiger partial charge on any atom is 0.209 e. The third-order valence-electron chi connectivity index (χ3n) is 3.51. The summed E-state index contributed by atoms with van der Waals surface area (Å²) in [6.45, 7) is 0. The van der Waals surface area contributed by atoms with E-state index in [9.17, 15) is 8.42 Å². The predicted molar refractivity (Wildman–Crippen MR) is 74.4 cm³/mol. The van der Waals surface area contributed by atoms with Gasteiger partial charge in [0.1, 0.15) is 6.10 Å². The van der Waals surface area contributed by atoms with Crippen molar-refractivity contribution in [2.75, 3.05) is 13.4 Å². The highest BCUT2D eigenvalue weighted by Crippen LogP contribution is 2.45. The first-order valence-corrected chi connectivity index (χ1v) is 7.92. The van der Waals surface area contributed by atoms with E-state index in [2.05, 4.69) is 4.72 Å². The van der Waals surface area contributed by atoms with Crippen LogP contribution in [0, 0.1) is 0 Å². The lowest BCUT2D eigenvalue weighted by atomic mass is 10.1. The van der Waals surface area contributed by atoms with Gasteiger partial charge in [0.2, 0.25) is 10.0 Å². The maximum absolute atomic E-state index is 11.6. The Morgan fingerprint density at radius 1 is 1.11 bits per heavy atom. The number of hydrogen-bond donors (Lipinski definition) is 1. The highest BCUT2D eigenvalue weighted by Gasteiger charge is 2.35. The fourth-order valence-corrected chi connectivity index (χ4v) is 3.57. The minimum atomic E-state index is -3.29. The van der Waals surface area contributed by atoms with Crippen LogP contribution >= 0.6 is 0 Å². The van der Waals surface area contributed by atoms with E-state index < -0.39 is 10.0 Å². The molecule has 2 aromatic carbocycles. The van der Waals surface area contributed by atoms with E-state index in [0.717, 1.165) is 21.9 Å². The standard InChI is InChI=1S/C14H15NO3S/c1-18-14-11-8-4-6-9-5-3-7-10(12(9)11)13(14)15-19(2,16)17/h3-8,13-15H,1-2H3/t13-,14-/m0/s1. The van der Waals surface area contributed by atoms with Crippen molar-refractivity contribution in [1.29, 1.82) is 0 Å². The lowest BCUT2D eigenvalue weighted by molar-refractivity contribution is 0.0813. The molecule has 0 saturated heterocycles. The second-order valence-corrected chi connectivity index (χ2v) is 6.60. The molecule has 0 unspecified atom stereocenters. The van der Waals surface area contributed by atoms with Gasteiger partial charge in [0.15, 0.2) is 0 Å². The van der Waals surface area contributed by atoms with Crippen molar-refractivity contribution in [1.82, 2.24) is 4.72 Å². The predicted octanol–water partition coefficient (Wildman–Crippen LogP) is 2.13. The highest BCUT2D eigenvalue weighted by atomic mass is 32.2. The van der Waals surface area contributed by atoms with Gasteiger partial charge in [-0.05, 0) is 21.9 Å². The molecule has 4 nitrogen and oxygen atoms in total. The van der Waals surface area contributed by atoms with Crippen molar-refractivity contribution in [3.8, 4) is 0 Å². The Labute approximate surface area is 112 Å². The molecule has 0 aliphatic heterocycles. The third kappa shape index (κ3) is 2.04. The molecule has 2 atom stereocenters. The first-order valence-electron chi connectivity index (χ1n) is 6.03. The van der Waals surface area contributed by atoms with Crippen LogP contribution in [0.1, 0.15) is 23.3 Å². The number of ether oxygens (including phenoxy) is 1. The van der Waals surface area contributed by atoms with Crippen molar-refractivity contribution in [3.05, 3.63) is 47.5 Å². The first kappa shape index (κ1) is 12.6. The summed E-state index contributed by atoms with van der Waals surface area (Å²) in [7, 11) is -1.69. The molecule has 0 amide bonds. The SMILES string of the molecule is CO[C@H]1c2cccc3cccc(c23)[C@@H]1NS(C)(=O)=O. The van der Waals surface area contributed by atoms with Gasteiger partial charge in [-0.1, -0.05) is 36.4 Å². The van der Waals surface area contributed by atoms with Crippen molar-refractivity contribution in [3.63, 3.8) is 0 Å². The summed E-state index contributed by atoms with van der Waals surface area (Å²) in [6.07, 6.45) is 0.888. The molecule has 0 aromatic heterocycles. The number of sulfonamides is 1. The molecule has 19 heavy (non-hydrogen) atoms. The fourth-order valence-electron chi connectivity index (χ4n) is 2.86. The Morgan fingerprint density at radius 3 is 2.32 bits per heavy atom. The zero-order valence-corrected chi connectivity index (χ0v) is 11.6. The topological polar surface area (TPSA) is 55.4 Å². The van der Waals surface area contributed by atoms with Crippen LogP contribution in [0.15, 0.2) is 36.4 Å². The smallest absolute Gasteiger partial charge is 0.209 e. The zero-order valence-electron chi connectivity index (χ0n) is 10.8. The van der Waals surface area contributed by atoms with Gasteiger partial charge >= 0.3 is 0 Å². The van der Waals surface area contributed by atoms with Crippen molar-refractivity contribution in [2.24, 2.45) is 0 Å². The summed E-state index contributed by atoms with van der Waals surface area (Å²) in [5, 5.41) is 2.20. The van der Waals surface area contributed by atoms with Gasteiger partial charge in [0.05, 0.1) is 12.3 Å². The zero-order chi connectivity index (χ0) is 13.6. The molecular formula is C14H15NO3S. The summed E-state index contributed by atoms with van der Waals surface area (Å²) in [4.78, 5) is 0. The number of methoxy groups -OCH3 is 1. The average Bonchev–Trinajstić information content (AvgIpc) is 2.64. The van der Waals surface area contributed by atoms with Crippen LogP contribution in [0.2, 0.25) is 0 Å². The van der Waals surface area contributed by atoms with Crippen molar-refractivity contribution in [2.45, 2.75) is 12.1 Å². The molecule has 1 N–H and O–H groups in total. The molecule has 0 fully saturated rings. The molecule has 0 heterocycles. The molecule has 0 spiro atoms. The number of nitrogens with one attached hydrogen (secondary N) is 1. The van der Waals surface area contributed by atoms with E-state index in [4.69, 9.17) is 4.74 Å². The first-order chi connectivity index (χ1) is 9.01. The molecule has 5 heteroatoms. The van der Waals surface area contributed by atoms with Crippen LogP contribution in [-0.2, 0) is 14.8 Å². The highest BCUT2D eigenvalue weighted by molar-refractivity contribution is 7.88. The van der Waals surface area contributed by atoms with Crippen molar-refractivity contribution >= 4 is 20.8 Å². The van der Waals surface area contributed by atoms with Crippen LogP contribution < -0.4 is 4.72 Å². The van der Waals surface area contributed by atoms with E-state index in [0.29, 0.717) is 0 Å². The van der Waals surface area contributed by atoms with E-state index >= 15 is 0 Å². The molecule has 3 rings (SSSR count). The van der Waals surface area contributed by atoms with Crippen LogP contribution in [0.4, 0.5) is 0 Å². The Kier molecular flexibility index (Phi) is 2.85. The second-order valence-electron chi connectivity index (χ2n) is 4.82. The summed E-state index contributed by atoms with van der Waals surface area (Å²) in [5.74, 6) is 0. The minimum absolute atomic E-state index is 0.282. The molecule has 1 aliphatic carbocycles. The molecule has 0 radical (unpaired) electrons. The lowest BCUT2D eigenvalue weighted by Gasteiger charge is -2.20. The quantitative estimate of drug-likeness (QED) is 0.935. The maximum atomic E-state index is 11.6. The van der Waals surface area contributed by atoms with Crippen LogP contribution in [0.5, 0.6) is 0 Å². The number of hydrogen-bond acceptors (Lipinski definition) is 3. The Morgan fingerprint density at radius 2 is 1.74 bits per heavy atom. The molecule has 0 saturated carbocycles. The van der Waals surface area contributed by atoms with E-state index in [1.54, 1.807) is 7.11 Å². The number of rotatable bonds is 3. The fraction of sp³-hybridized carbons (Fsp3) is 0.286. The second kappa shape index (κ2) is 4.30. The van der Waals surface area contributed by atoms with Gasteiger partial charge in [-0.3, -0.25) is 0 Å². The van der Waals surface area contributed by atoms with E-state index in [-0.39, 0.29) is 12.1 Å². The van der Waals surface area contributed by atoms with Crippen LogP contribution in [0.3, 0.4) is 0 Å². The minimum Gasteiger partial charge on any atom is -0.375 e. The van der Waals surface area contributed by atoms with Gasteiger partial charge < -0.3 is 4.74 Å². The van der Waals surface area contributed by atoms with Gasteiger partial charge in [0, 0.05) is 7.11 Å². The van der Waals surface area contributed by atoms with E-state index in [1.165, 1.54) is 6.26 Å². The Hall–Kier alpha value is -1.43. The molecule has 100 valence electrons. The summed E-state index contributed by atoms with van der Waals surface area (Å²) >= 11 is 0. The lowest BCUT2D eigenvalue weighted by Crippen LogP contribution is -2.30. The van der Waals surface area contributed by atoms with Gasteiger partial charge in [0.25, 0.3) is 0 Å².